The van der Waals surface area contributed by atoms with Gasteiger partial charge in [-0.15, -0.1) is 0 Å². The zero-order chi connectivity index (χ0) is 17.1. The Morgan fingerprint density at radius 2 is 2.08 bits per heavy atom. The maximum atomic E-state index is 12.6. The van der Waals surface area contributed by atoms with Crippen molar-refractivity contribution in [3.05, 3.63) is 64.9 Å². The molecular weight excluding hydrogens is 326 g/mol. The Hall–Kier alpha value is -2.79. The number of anilines is 1. The summed E-state index contributed by atoms with van der Waals surface area (Å²) >= 11 is 5.94. The second kappa shape index (κ2) is 6.76. The molecule has 5 nitrogen and oxygen atoms in total. The van der Waals surface area contributed by atoms with Gasteiger partial charge >= 0.3 is 0 Å². The number of imidazole rings is 1. The normalized spacial score (nSPS) is 10.5. The molecule has 3 rings (SSSR count). The Labute approximate surface area is 144 Å². The maximum Gasteiger partial charge on any atom is 0.259 e. The highest BCUT2D eigenvalue weighted by Crippen LogP contribution is 2.26. The fourth-order valence-electron chi connectivity index (χ4n) is 2.37. The highest BCUT2D eigenvalue weighted by molar-refractivity contribution is 6.31. The molecule has 6 heteroatoms. The lowest BCUT2D eigenvalue weighted by molar-refractivity contribution is 0.102. The molecule has 1 amide bonds. The first kappa shape index (κ1) is 16.1. The molecule has 24 heavy (non-hydrogen) atoms. The summed E-state index contributed by atoms with van der Waals surface area (Å²) in [6.07, 6.45) is 3.44. The number of amides is 1. The van der Waals surface area contributed by atoms with Gasteiger partial charge in [0.15, 0.2) is 0 Å². The summed E-state index contributed by atoms with van der Waals surface area (Å²) in [5.41, 5.74) is 2.98. The third-order valence-electron chi connectivity index (χ3n) is 3.67. The highest BCUT2D eigenvalue weighted by atomic mass is 35.5. The molecule has 0 aliphatic rings. The third kappa shape index (κ3) is 3.26. The summed E-state index contributed by atoms with van der Waals surface area (Å²) < 4.78 is 5.24. The number of rotatable bonds is 4. The van der Waals surface area contributed by atoms with E-state index in [1.807, 2.05) is 25.1 Å². The summed E-state index contributed by atoms with van der Waals surface area (Å²) in [6, 6.07) is 10.7. The Morgan fingerprint density at radius 1 is 1.25 bits per heavy atom. The van der Waals surface area contributed by atoms with E-state index < -0.39 is 0 Å². The van der Waals surface area contributed by atoms with E-state index in [0.29, 0.717) is 22.0 Å². The van der Waals surface area contributed by atoms with Crippen molar-refractivity contribution in [2.75, 3.05) is 12.4 Å². The molecule has 0 saturated carbocycles. The number of carbonyl (C=O) groups excluding carboxylic acids is 1. The minimum absolute atomic E-state index is 0.261. The van der Waals surface area contributed by atoms with E-state index in [2.05, 4.69) is 15.3 Å². The molecule has 0 aliphatic carbocycles. The average molecular weight is 342 g/mol. The zero-order valence-electron chi connectivity index (χ0n) is 13.3. The zero-order valence-corrected chi connectivity index (χ0v) is 14.0. The minimum Gasteiger partial charge on any atom is -0.496 e. The molecule has 1 aromatic heterocycles. The van der Waals surface area contributed by atoms with E-state index in [0.717, 1.165) is 17.0 Å². The van der Waals surface area contributed by atoms with Gasteiger partial charge in [-0.2, -0.15) is 0 Å². The molecule has 0 radical (unpaired) electrons. The van der Waals surface area contributed by atoms with E-state index in [4.69, 9.17) is 16.3 Å². The summed E-state index contributed by atoms with van der Waals surface area (Å²) in [5, 5.41) is 3.43. The molecule has 0 aliphatic heterocycles. The van der Waals surface area contributed by atoms with Crippen LogP contribution in [0.2, 0.25) is 5.02 Å². The standard InChI is InChI=1S/C18H16ClN3O2/c1-11-3-4-12(17-20-7-8-21-17)9-15(11)22-18(23)14-6-5-13(19)10-16(14)24-2/h3-10H,1-2H3,(H,20,21)(H,22,23). The van der Waals surface area contributed by atoms with E-state index in [1.54, 1.807) is 30.6 Å². The van der Waals surface area contributed by atoms with Crippen molar-refractivity contribution in [2.45, 2.75) is 6.92 Å². The van der Waals surface area contributed by atoms with Crippen LogP contribution in [0.15, 0.2) is 48.8 Å². The number of H-pyrrole nitrogens is 1. The van der Waals surface area contributed by atoms with E-state index in [9.17, 15) is 4.79 Å². The number of hydrogen-bond acceptors (Lipinski definition) is 3. The van der Waals surface area contributed by atoms with Gasteiger partial charge in [0.2, 0.25) is 0 Å². The largest absolute Gasteiger partial charge is 0.496 e. The fourth-order valence-corrected chi connectivity index (χ4v) is 2.53. The first-order chi connectivity index (χ1) is 11.6. The van der Waals surface area contributed by atoms with Crippen LogP contribution in [0.5, 0.6) is 5.75 Å². The van der Waals surface area contributed by atoms with Gasteiger partial charge in [-0.1, -0.05) is 23.7 Å². The number of methoxy groups -OCH3 is 1. The van der Waals surface area contributed by atoms with Crippen LogP contribution < -0.4 is 10.1 Å². The molecule has 122 valence electrons. The van der Waals surface area contributed by atoms with E-state index in [1.165, 1.54) is 7.11 Å². The summed E-state index contributed by atoms with van der Waals surface area (Å²) in [7, 11) is 1.51. The van der Waals surface area contributed by atoms with Crippen LogP contribution in [0.1, 0.15) is 15.9 Å². The van der Waals surface area contributed by atoms with Crippen molar-refractivity contribution in [1.29, 1.82) is 0 Å². The van der Waals surface area contributed by atoms with Crippen LogP contribution in [-0.4, -0.2) is 23.0 Å². The van der Waals surface area contributed by atoms with Crippen molar-refractivity contribution in [3.63, 3.8) is 0 Å². The molecule has 0 saturated heterocycles. The number of carbonyl (C=O) groups is 1. The highest BCUT2D eigenvalue weighted by Gasteiger charge is 2.14. The van der Waals surface area contributed by atoms with Crippen LogP contribution in [-0.2, 0) is 0 Å². The number of ether oxygens (including phenoxy) is 1. The van der Waals surface area contributed by atoms with Gasteiger partial charge in [-0.05, 0) is 36.8 Å². The van der Waals surface area contributed by atoms with Crippen LogP contribution in [0, 0.1) is 6.92 Å². The number of benzene rings is 2. The van der Waals surface area contributed by atoms with Crippen molar-refractivity contribution in [2.24, 2.45) is 0 Å². The summed E-state index contributed by atoms with van der Waals surface area (Å²) in [5.74, 6) is 0.914. The van der Waals surface area contributed by atoms with Crippen LogP contribution in [0.4, 0.5) is 5.69 Å². The number of aromatic nitrogens is 2. The van der Waals surface area contributed by atoms with Gasteiger partial charge < -0.3 is 15.0 Å². The first-order valence-corrected chi connectivity index (χ1v) is 7.71. The van der Waals surface area contributed by atoms with Gasteiger partial charge in [-0.3, -0.25) is 4.79 Å². The molecule has 0 bridgehead atoms. The second-order valence-electron chi connectivity index (χ2n) is 5.27. The lowest BCUT2D eigenvalue weighted by Gasteiger charge is -2.12. The van der Waals surface area contributed by atoms with Gasteiger partial charge in [-0.25, -0.2) is 4.98 Å². The van der Waals surface area contributed by atoms with Gasteiger partial charge in [0.25, 0.3) is 5.91 Å². The molecule has 0 atom stereocenters. The molecule has 2 aromatic carbocycles. The maximum absolute atomic E-state index is 12.6. The van der Waals surface area contributed by atoms with Crippen LogP contribution in [0.25, 0.3) is 11.4 Å². The smallest absolute Gasteiger partial charge is 0.259 e. The molecule has 3 aromatic rings. The summed E-state index contributed by atoms with van der Waals surface area (Å²) in [4.78, 5) is 19.9. The predicted octanol–water partition coefficient (Wildman–Crippen LogP) is 4.30. The predicted molar refractivity (Wildman–Crippen MR) is 94.7 cm³/mol. The molecule has 0 unspecified atom stereocenters. The quantitative estimate of drug-likeness (QED) is 0.743. The van der Waals surface area contributed by atoms with Gasteiger partial charge in [0, 0.05) is 28.7 Å². The first-order valence-electron chi connectivity index (χ1n) is 7.34. The van der Waals surface area contributed by atoms with Crippen LogP contribution in [0.3, 0.4) is 0 Å². The molecule has 1 heterocycles. The van der Waals surface area contributed by atoms with Crippen molar-refractivity contribution in [3.8, 4) is 17.1 Å². The Balaban J connectivity index is 1.91. The summed E-state index contributed by atoms with van der Waals surface area (Å²) in [6.45, 7) is 1.93. The van der Waals surface area contributed by atoms with E-state index in [-0.39, 0.29) is 5.91 Å². The van der Waals surface area contributed by atoms with Crippen LogP contribution >= 0.6 is 11.6 Å². The number of halogens is 1. The molecule has 2 N–H and O–H groups in total. The van der Waals surface area contributed by atoms with Crippen molar-refractivity contribution in [1.82, 2.24) is 9.97 Å². The number of aromatic amines is 1. The SMILES string of the molecule is COc1cc(Cl)ccc1C(=O)Nc1cc(-c2ncc[nH]2)ccc1C. The Morgan fingerprint density at radius 3 is 2.79 bits per heavy atom. The molecule has 0 fully saturated rings. The number of aryl methyl sites for hydroxylation is 1. The monoisotopic (exact) mass is 341 g/mol. The lowest BCUT2D eigenvalue weighted by Crippen LogP contribution is -2.14. The van der Waals surface area contributed by atoms with Gasteiger partial charge in [0.05, 0.1) is 12.7 Å². The molecule has 0 spiro atoms. The number of hydrogen-bond donors (Lipinski definition) is 2. The number of nitrogens with one attached hydrogen (secondary N) is 2. The second-order valence-corrected chi connectivity index (χ2v) is 5.70. The van der Waals surface area contributed by atoms with Gasteiger partial charge in [0.1, 0.15) is 11.6 Å². The average Bonchev–Trinajstić information content (AvgIpc) is 3.11. The fraction of sp³-hybridized carbons (Fsp3) is 0.111. The lowest BCUT2D eigenvalue weighted by atomic mass is 10.1. The number of nitrogens with zero attached hydrogens (tertiary/aromatic N) is 1. The topological polar surface area (TPSA) is 67.0 Å². The Bertz CT molecular complexity index is 876. The Kier molecular flexibility index (Phi) is 4.53. The van der Waals surface area contributed by atoms with Crippen molar-refractivity contribution < 1.29 is 9.53 Å². The third-order valence-corrected chi connectivity index (χ3v) is 3.90. The van der Waals surface area contributed by atoms with E-state index >= 15 is 0 Å². The van der Waals surface area contributed by atoms with Crippen molar-refractivity contribution >= 4 is 23.2 Å². The minimum atomic E-state index is -0.261. The molecular formula is C18H16ClN3O2.